The fourth-order valence-electron chi connectivity index (χ4n) is 2.20. The number of hydrogen-bond acceptors (Lipinski definition) is 5. The second-order valence-corrected chi connectivity index (χ2v) is 4.58. The van der Waals surface area contributed by atoms with Gasteiger partial charge >= 0.3 is 0 Å². The van der Waals surface area contributed by atoms with Crippen LogP contribution in [-0.2, 0) is 10.3 Å². The number of nitrogens with one attached hydrogen (secondary N) is 1. The zero-order valence-electron chi connectivity index (χ0n) is 10.3. The Morgan fingerprint density at radius 3 is 2.83 bits per heavy atom. The molecule has 0 aliphatic carbocycles. The fraction of sp³-hybridized carbons (Fsp3) is 0.500. The van der Waals surface area contributed by atoms with E-state index in [2.05, 4.69) is 15.0 Å². The molecule has 0 unspecified atom stereocenters. The van der Waals surface area contributed by atoms with Gasteiger partial charge in [-0.05, 0) is 18.9 Å². The Balaban J connectivity index is 2.02. The summed E-state index contributed by atoms with van der Waals surface area (Å²) in [7, 11) is 1.59. The van der Waals surface area contributed by atoms with E-state index in [1.807, 2.05) is 6.07 Å². The van der Waals surface area contributed by atoms with Crippen molar-refractivity contribution < 1.29 is 9.47 Å². The van der Waals surface area contributed by atoms with Gasteiger partial charge < -0.3 is 20.2 Å². The highest BCUT2D eigenvalue weighted by Crippen LogP contribution is 2.28. The predicted molar refractivity (Wildman–Crippen MR) is 66.4 cm³/mol. The fourth-order valence-corrected chi connectivity index (χ4v) is 2.20. The Kier molecular flexibility index (Phi) is 2.68. The first-order chi connectivity index (χ1) is 8.71. The van der Waals surface area contributed by atoms with Gasteiger partial charge in [0, 0.05) is 19.3 Å². The smallest absolute Gasteiger partial charge is 0.215 e. The summed E-state index contributed by atoms with van der Waals surface area (Å²) in [6, 6.07) is 3.71. The predicted octanol–water partition coefficient (Wildman–Crippen LogP) is 0.931. The molecule has 3 N–H and O–H groups in total. The molecule has 0 amide bonds. The Morgan fingerprint density at radius 1 is 1.33 bits per heavy atom. The topological polar surface area (TPSA) is 86.0 Å². The molecule has 0 spiro atoms. The number of imidazole rings is 1. The quantitative estimate of drug-likeness (QED) is 0.825. The minimum atomic E-state index is -0.438. The van der Waals surface area contributed by atoms with Gasteiger partial charge in [-0.15, -0.1) is 0 Å². The van der Waals surface area contributed by atoms with Crippen LogP contribution in [0.2, 0.25) is 0 Å². The third-order valence-corrected chi connectivity index (χ3v) is 3.39. The van der Waals surface area contributed by atoms with Gasteiger partial charge in [0.1, 0.15) is 5.82 Å². The number of H-pyrrole nitrogens is 1. The van der Waals surface area contributed by atoms with Gasteiger partial charge in [-0.3, -0.25) is 0 Å². The largest absolute Gasteiger partial charge is 0.481 e. The summed E-state index contributed by atoms with van der Waals surface area (Å²) < 4.78 is 10.4. The van der Waals surface area contributed by atoms with Gasteiger partial charge in [0.25, 0.3) is 0 Å². The van der Waals surface area contributed by atoms with Gasteiger partial charge in [-0.25, -0.2) is 4.98 Å². The van der Waals surface area contributed by atoms with Crippen LogP contribution in [0, 0.1) is 0 Å². The van der Waals surface area contributed by atoms with Crippen LogP contribution in [-0.4, -0.2) is 35.3 Å². The zero-order valence-corrected chi connectivity index (χ0v) is 10.3. The molecular formula is C12H16N4O2. The summed E-state index contributed by atoms with van der Waals surface area (Å²) >= 11 is 0. The molecule has 1 aliphatic rings. The standard InChI is InChI=1S/C12H16N4O2/c1-17-9-3-2-8-10(15-9)16-11(14-8)12(13)4-6-18-7-5-12/h2-3H,4-7,13H2,1H3,(H,14,15,16). The molecule has 18 heavy (non-hydrogen) atoms. The number of fused-ring (bicyclic) bond motifs is 1. The summed E-state index contributed by atoms with van der Waals surface area (Å²) in [5.74, 6) is 1.33. The van der Waals surface area contributed by atoms with Crippen LogP contribution in [0.5, 0.6) is 5.88 Å². The molecular weight excluding hydrogens is 232 g/mol. The first kappa shape index (κ1) is 11.4. The second-order valence-electron chi connectivity index (χ2n) is 4.58. The van der Waals surface area contributed by atoms with E-state index in [9.17, 15) is 0 Å². The molecule has 0 atom stereocenters. The van der Waals surface area contributed by atoms with E-state index in [1.54, 1.807) is 13.2 Å². The molecule has 0 radical (unpaired) electrons. The first-order valence-electron chi connectivity index (χ1n) is 5.99. The number of hydrogen-bond donors (Lipinski definition) is 2. The summed E-state index contributed by atoms with van der Waals surface area (Å²) in [5.41, 5.74) is 7.46. The number of aromatic nitrogens is 3. The van der Waals surface area contributed by atoms with E-state index in [1.165, 1.54) is 0 Å². The van der Waals surface area contributed by atoms with Crippen LogP contribution in [0.4, 0.5) is 0 Å². The zero-order chi connectivity index (χ0) is 12.6. The molecule has 96 valence electrons. The number of pyridine rings is 1. The highest BCUT2D eigenvalue weighted by atomic mass is 16.5. The molecule has 3 heterocycles. The molecule has 6 heteroatoms. The van der Waals surface area contributed by atoms with Crippen LogP contribution in [0.1, 0.15) is 18.7 Å². The highest BCUT2D eigenvalue weighted by Gasteiger charge is 2.33. The van der Waals surface area contributed by atoms with Crippen molar-refractivity contribution in [3.8, 4) is 5.88 Å². The lowest BCUT2D eigenvalue weighted by molar-refractivity contribution is 0.0496. The molecule has 0 saturated carbocycles. The molecule has 0 bridgehead atoms. The summed E-state index contributed by atoms with van der Waals surface area (Å²) in [6.07, 6.45) is 1.54. The molecule has 2 aromatic rings. The minimum Gasteiger partial charge on any atom is -0.481 e. The van der Waals surface area contributed by atoms with E-state index in [0.717, 1.165) is 24.2 Å². The van der Waals surface area contributed by atoms with Crippen LogP contribution in [0.3, 0.4) is 0 Å². The lowest BCUT2D eigenvalue weighted by Gasteiger charge is -2.31. The van der Waals surface area contributed by atoms with E-state index in [4.69, 9.17) is 15.2 Å². The van der Waals surface area contributed by atoms with Gasteiger partial charge in [-0.2, -0.15) is 4.98 Å². The SMILES string of the molecule is COc1ccc2[nH]c(C3(N)CCOCC3)nc2n1. The van der Waals surface area contributed by atoms with E-state index >= 15 is 0 Å². The lowest BCUT2D eigenvalue weighted by atomic mass is 9.91. The van der Waals surface area contributed by atoms with Gasteiger partial charge in [0.15, 0.2) is 5.65 Å². The van der Waals surface area contributed by atoms with Crippen LogP contribution in [0.25, 0.3) is 11.2 Å². The normalized spacial score (nSPS) is 19.0. The van der Waals surface area contributed by atoms with Crippen molar-refractivity contribution in [2.75, 3.05) is 20.3 Å². The average Bonchev–Trinajstić information content (AvgIpc) is 2.83. The van der Waals surface area contributed by atoms with Crippen molar-refractivity contribution in [1.82, 2.24) is 15.0 Å². The van der Waals surface area contributed by atoms with E-state index in [-0.39, 0.29) is 0 Å². The molecule has 1 saturated heterocycles. The average molecular weight is 248 g/mol. The third-order valence-electron chi connectivity index (χ3n) is 3.39. The molecule has 6 nitrogen and oxygen atoms in total. The maximum absolute atomic E-state index is 6.38. The second kappa shape index (κ2) is 4.22. The Bertz CT molecular complexity index is 560. The van der Waals surface area contributed by atoms with Crippen molar-refractivity contribution in [2.24, 2.45) is 5.73 Å². The maximum Gasteiger partial charge on any atom is 0.215 e. The Morgan fingerprint density at radius 2 is 2.11 bits per heavy atom. The Labute approximate surface area is 105 Å². The monoisotopic (exact) mass is 248 g/mol. The molecule has 1 fully saturated rings. The van der Waals surface area contributed by atoms with Crippen molar-refractivity contribution in [3.05, 3.63) is 18.0 Å². The van der Waals surface area contributed by atoms with Crippen LogP contribution >= 0.6 is 0 Å². The van der Waals surface area contributed by atoms with Crippen LogP contribution in [0.15, 0.2) is 12.1 Å². The number of aromatic amines is 1. The number of rotatable bonds is 2. The minimum absolute atomic E-state index is 0.438. The Hall–Kier alpha value is -1.66. The number of nitrogens with zero attached hydrogens (tertiary/aromatic N) is 2. The van der Waals surface area contributed by atoms with E-state index in [0.29, 0.717) is 24.7 Å². The van der Waals surface area contributed by atoms with Gasteiger partial charge in [0.05, 0.1) is 18.2 Å². The van der Waals surface area contributed by atoms with Crippen molar-refractivity contribution in [2.45, 2.75) is 18.4 Å². The number of nitrogens with two attached hydrogens (primary N) is 1. The molecule has 1 aliphatic heterocycles. The summed E-state index contributed by atoms with van der Waals surface area (Å²) in [6.45, 7) is 1.34. The van der Waals surface area contributed by atoms with E-state index < -0.39 is 5.54 Å². The molecule has 0 aromatic carbocycles. The van der Waals surface area contributed by atoms with Gasteiger partial charge in [-0.1, -0.05) is 0 Å². The summed E-state index contributed by atoms with van der Waals surface area (Å²) in [5, 5.41) is 0. The molecule has 3 rings (SSSR count). The van der Waals surface area contributed by atoms with Gasteiger partial charge in [0.2, 0.25) is 5.88 Å². The van der Waals surface area contributed by atoms with Crippen molar-refractivity contribution in [3.63, 3.8) is 0 Å². The van der Waals surface area contributed by atoms with Crippen molar-refractivity contribution in [1.29, 1.82) is 0 Å². The third kappa shape index (κ3) is 1.83. The number of ether oxygens (including phenoxy) is 2. The first-order valence-corrected chi connectivity index (χ1v) is 5.99. The lowest BCUT2D eigenvalue weighted by Crippen LogP contribution is -2.43. The maximum atomic E-state index is 6.38. The molecule has 2 aromatic heterocycles. The van der Waals surface area contributed by atoms with Crippen molar-refractivity contribution >= 4 is 11.2 Å². The summed E-state index contributed by atoms with van der Waals surface area (Å²) in [4.78, 5) is 12.0. The van der Waals surface area contributed by atoms with Crippen LogP contribution < -0.4 is 10.5 Å². The number of methoxy groups -OCH3 is 1. The highest BCUT2D eigenvalue weighted by molar-refractivity contribution is 5.71.